The van der Waals surface area contributed by atoms with E-state index in [1.807, 2.05) is 0 Å². The quantitative estimate of drug-likeness (QED) is 0.843. The number of likely N-dealkylation sites (tertiary alicyclic amines) is 1. The Morgan fingerprint density at radius 3 is 2.91 bits per heavy atom. The third-order valence-electron chi connectivity index (χ3n) is 6.41. The van der Waals surface area contributed by atoms with Crippen LogP contribution in [0.4, 0.5) is 0 Å². The van der Waals surface area contributed by atoms with Gasteiger partial charge in [-0.05, 0) is 49.0 Å². The molecule has 1 amide bonds. The molecule has 4 heteroatoms. The van der Waals surface area contributed by atoms with Crippen molar-refractivity contribution in [3.63, 3.8) is 0 Å². The van der Waals surface area contributed by atoms with Crippen LogP contribution in [0, 0.1) is 16.7 Å². The van der Waals surface area contributed by atoms with Gasteiger partial charge in [0.05, 0.1) is 12.2 Å². The molecular formula is C19H27NO2S. The Hall–Kier alpha value is -0.870. The Kier molecular flexibility index (Phi) is 3.62. The fourth-order valence-corrected chi connectivity index (χ4v) is 6.73. The van der Waals surface area contributed by atoms with Crippen LogP contribution < -0.4 is 0 Å². The number of hydrogen-bond donors (Lipinski definition) is 0. The van der Waals surface area contributed by atoms with Gasteiger partial charge in [-0.15, -0.1) is 11.3 Å². The summed E-state index contributed by atoms with van der Waals surface area (Å²) < 4.78 is 5.52. The molecule has 4 rings (SSSR count). The number of nitrogens with zero attached hydrogens (tertiary/aromatic N) is 1. The van der Waals surface area contributed by atoms with E-state index in [9.17, 15) is 4.79 Å². The first-order valence-corrected chi connectivity index (χ1v) is 9.72. The van der Waals surface area contributed by atoms with E-state index in [2.05, 4.69) is 24.1 Å². The summed E-state index contributed by atoms with van der Waals surface area (Å²) in [5.41, 5.74) is 2.88. The predicted molar refractivity (Wildman–Crippen MR) is 93.1 cm³/mol. The van der Waals surface area contributed by atoms with E-state index in [0.717, 1.165) is 38.1 Å². The second-order valence-electron chi connectivity index (χ2n) is 8.46. The van der Waals surface area contributed by atoms with Gasteiger partial charge in [0.1, 0.15) is 0 Å². The SMILES string of the molecule is COC[C@@]12CN(C(=O)c3csc4c3CCCC4)C[C@@H]1C(C)(C)C2. The van der Waals surface area contributed by atoms with Gasteiger partial charge < -0.3 is 9.64 Å². The van der Waals surface area contributed by atoms with E-state index in [4.69, 9.17) is 4.74 Å². The molecule has 2 aliphatic carbocycles. The molecule has 1 aromatic heterocycles. The number of carbonyl (C=O) groups is 1. The number of aryl methyl sites for hydroxylation is 1. The van der Waals surface area contributed by atoms with E-state index < -0.39 is 0 Å². The van der Waals surface area contributed by atoms with Crippen molar-refractivity contribution < 1.29 is 9.53 Å². The molecule has 126 valence electrons. The number of hydrogen-bond acceptors (Lipinski definition) is 3. The van der Waals surface area contributed by atoms with Crippen LogP contribution in [0.1, 0.15) is 53.9 Å². The summed E-state index contributed by atoms with van der Waals surface area (Å²) in [6.07, 6.45) is 5.93. The van der Waals surface area contributed by atoms with Gasteiger partial charge in [0.25, 0.3) is 5.91 Å². The van der Waals surface area contributed by atoms with E-state index in [-0.39, 0.29) is 11.3 Å². The highest BCUT2D eigenvalue weighted by Gasteiger charge is 2.63. The van der Waals surface area contributed by atoms with Crippen LogP contribution >= 0.6 is 11.3 Å². The maximum Gasteiger partial charge on any atom is 0.255 e. The highest BCUT2D eigenvalue weighted by molar-refractivity contribution is 7.10. The molecule has 3 aliphatic rings. The number of methoxy groups -OCH3 is 1. The van der Waals surface area contributed by atoms with Crippen molar-refractivity contribution >= 4 is 17.2 Å². The lowest BCUT2D eigenvalue weighted by molar-refractivity contribution is -0.107. The van der Waals surface area contributed by atoms with Gasteiger partial charge in [-0.25, -0.2) is 0 Å². The highest BCUT2D eigenvalue weighted by Crippen LogP contribution is 2.62. The first-order chi connectivity index (χ1) is 11.0. The Bertz CT molecular complexity index is 635. The van der Waals surface area contributed by atoms with Crippen molar-refractivity contribution in [3.8, 4) is 0 Å². The molecule has 0 N–H and O–H groups in total. The summed E-state index contributed by atoms with van der Waals surface area (Å²) in [7, 11) is 1.79. The smallest absolute Gasteiger partial charge is 0.255 e. The van der Waals surface area contributed by atoms with Gasteiger partial charge in [0, 0.05) is 35.9 Å². The summed E-state index contributed by atoms with van der Waals surface area (Å²) in [4.78, 5) is 16.7. The average Bonchev–Trinajstić information content (AvgIpc) is 3.07. The van der Waals surface area contributed by atoms with Gasteiger partial charge in [-0.1, -0.05) is 13.8 Å². The number of carbonyl (C=O) groups excluding carboxylic acids is 1. The molecule has 1 saturated heterocycles. The average molecular weight is 333 g/mol. The lowest BCUT2D eigenvalue weighted by atomic mass is 9.48. The zero-order valence-electron chi connectivity index (χ0n) is 14.5. The van der Waals surface area contributed by atoms with Crippen LogP contribution in [0.5, 0.6) is 0 Å². The number of amides is 1. The third-order valence-corrected chi connectivity index (χ3v) is 7.50. The Balaban J connectivity index is 1.57. The lowest BCUT2D eigenvalue weighted by Gasteiger charge is -2.56. The predicted octanol–water partition coefficient (Wildman–Crippen LogP) is 3.76. The van der Waals surface area contributed by atoms with E-state index in [1.165, 1.54) is 29.7 Å². The van der Waals surface area contributed by atoms with Crippen LogP contribution in [0.15, 0.2) is 5.38 Å². The minimum absolute atomic E-state index is 0.198. The Morgan fingerprint density at radius 2 is 2.17 bits per heavy atom. The number of rotatable bonds is 3. The number of fused-ring (bicyclic) bond motifs is 2. The first kappa shape index (κ1) is 15.6. The van der Waals surface area contributed by atoms with Gasteiger partial charge >= 0.3 is 0 Å². The summed E-state index contributed by atoms with van der Waals surface area (Å²) in [6.45, 7) is 7.24. The van der Waals surface area contributed by atoms with Crippen molar-refractivity contribution in [1.82, 2.24) is 4.90 Å². The molecule has 2 atom stereocenters. The van der Waals surface area contributed by atoms with Crippen molar-refractivity contribution in [2.45, 2.75) is 46.0 Å². The fraction of sp³-hybridized carbons (Fsp3) is 0.737. The second-order valence-corrected chi connectivity index (χ2v) is 9.42. The van der Waals surface area contributed by atoms with Gasteiger partial charge in [0.15, 0.2) is 0 Å². The zero-order chi connectivity index (χ0) is 16.2. The molecule has 1 aliphatic heterocycles. The van der Waals surface area contributed by atoms with E-state index in [1.54, 1.807) is 18.4 Å². The van der Waals surface area contributed by atoms with Gasteiger partial charge in [-0.3, -0.25) is 4.79 Å². The molecule has 0 radical (unpaired) electrons. The summed E-state index contributed by atoms with van der Waals surface area (Å²) in [5, 5.41) is 2.12. The number of ether oxygens (including phenoxy) is 1. The Morgan fingerprint density at radius 1 is 1.39 bits per heavy atom. The summed E-state index contributed by atoms with van der Waals surface area (Å²) in [6, 6.07) is 0. The highest BCUT2D eigenvalue weighted by atomic mass is 32.1. The van der Waals surface area contributed by atoms with Crippen LogP contribution in [-0.4, -0.2) is 37.6 Å². The Labute approximate surface area is 143 Å². The molecule has 0 unspecified atom stereocenters. The molecule has 2 heterocycles. The van der Waals surface area contributed by atoms with E-state index >= 15 is 0 Å². The van der Waals surface area contributed by atoms with Crippen molar-refractivity contribution in [1.29, 1.82) is 0 Å². The van der Waals surface area contributed by atoms with Crippen LogP contribution in [0.2, 0.25) is 0 Å². The molecule has 1 saturated carbocycles. The fourth-order valence-electron chi connectivity index (χ4n) is 5.61. The normalized spacial score (nSPS) is 31.4. The molecule has 23 heavy (non-hydrogen) atoms. The second kappa shape index (κ2) is 5.32. The molecule has 0 aromatic carbocycles. The van der Waals surface area contributed by atoms with Gasteiger partial charge in [-0.2, -0.15) is 0 Å². The molecule has 0 bridgehead atoms. The molecule has 0 spiro atoms. The molecule has 2 fully saturated rings. The molecular weight excluding hydrogens is 306 g/mol. The summed E-state index contributed by atoms with van der Waals surface area (Å²) >= 11 is 1.79. The maximum absolute atomic E-state index is 13.1. The minimum atomic E-state index is 0.198. The monoisotopic (exact) mass is 333 g/mol. The zero-order valence-corrected chi connectivity index (χ0v) is 15.3. The van der Waals surface area contributed by atoms with Crippen molar-refractivity contribution in [3.05, 3.63) is 21.4 Å². The maximum atomic E-state index is 13.1. The third kappa shape index (κ3) is 2.29. The lowest BCUT2D eigenvalue weighted by Crippen LogP contribution is -2.55. The van der Waals surface area contributed by atoms with Crippen LogP contribution in [0.3, 0.4) is 0 Å². The largest absolute Gasteiger partial charge is 0.384 e. The van der Waals surface area contributed by atoms with Gasteiger partial charge in [0.2, 0.25) is 0 Å². The van der Waals surface area contributed by atoms with E-state index in [0.29, 0.717) is 11.3 Å². The molecule has 1 aromatic rings. The standard InChI is InChI=1S/C19H27NO2S/c1-18(2)10-19(12-22-3)11-20(8-16(18)19)17(21)14-9-23-15-7-5-4-6-13(14)15/h9,16H,4-8,10-12H2,1-3H3/t16-,19-/m1/s1. The number of thiophene rings is 1. The summed E-state index contributed by atoms with van der Waals surface area (Å²) in [5.74, 6) is 0.846. The topological polar surface area (TPSA) is 29.5 Å². The first-order valence-electron chi connectivity index (χ1n) is 8.84. The van der Waals surface area contributed by atoms with Crippen LogP contribution in [0.25, 0.3) is 0 Å². The van der Waals surface area contributed by atoms with Crippen molar-refractivity contribution in [2.24, 2.45) is 16.7 Å². The minimum Gasteiger partial charge on any atom is -0.384 e. The molecule has 3 nitrogen and oxygen atoms in total. The van der Waals surface area contributed by atoms with Crippen LogP contribution in [-0.2, 0) is 17.6 Å². The van der Waals surface area contributed by atoms with Crippen molar-refractivity contribution in [2.75, 3.05) is 26.8 Å².